The van der Waals surface area contributed by atoms with E-state index in [0.29, 0.717) is 16.3 Å². The molecule has 0 bridgehead atoms. The van der Waals surface area contributed by atoms with Crippen LogP contribution < -0.4 is 5.14 Å². The number of hydrazone groups is 1. The Morgan fingerprint density at radius 3 is 2.15 bits per heavy atom. The highest BCUT2D eigenvalue weighted by molar-refractivity contribution is 7.90. The maximum absolute atomic E-state index is 13.7. The molecule has 1 saturated heterocycles. The van der Waals surface area contributed by atoms with Crippen molar-refractivity contribution >= 4 is 43.3 Å². The minimum atomic E-state index is -4.19. The molecule has 0 aliphatic carbocycles. The number of hydrogen-bond donors (Lipinski definition) is 1. The van der Waals surface area contributed by atoms with Crippen molar-refractivity contribution in [2.24, 2.45) is 14.6 Å². The Kier molecular flexibility index (Phi) is 7.96. The monoisotopic (exact) mass is 603 g/mol. The van der Waals surface area contributed by atoms with Crippen LogP contribution in [-0.2, 0) is 20.0 Å². The van der Waals surface area contributed by atoms with Gasteiger partial charge in [0.25, 0.3) is 10.0 Å². The first-order valence-corrected chi connectivity index (χ1v) is 16.0. The number of halogens is 2. The standard InChI is InChI=1S/C27H27ClFN5O4S2/c28-21-8-12-24(13-9-21)40(37,38)32-27(33-16-14-23(15-17-33)39(30,35)36)34-18-25(19-4-2-1-3-5-19)26(31-34)20-6-10-22(29)11-7-20/h1-13,23,25H,14-18H2,(H2,30,35,36)/t25-/m0/s1. The van der Waals surface area contributed by atoms with Gasteiger partial charge in [-0.15, -0.1) is 4.40 Å². The molecule has 0 amide bonds. The van der Waals surface area contributed by atoms with Gasteiger partial charge in [0.1, 0.15) is 5.82 Å². The molecule has 1 fully saturated rings. The van der Waals surface area contributed by atoms with Crippen molar-refractivity contribution in [1.82, 2.24) is 9.91 Å². The van der Waals surface area contributed by atoms with Crippen molar-refractivity contribution in [3.63, 3.8) is 0 Å². The third-order valence-electron chi connectivity index (χ3n) is 6.99. The van der Waals surface area contributed by atoms with Gasteiger partial charge in [-0.05, 0) is 60.4 Å². The van der Waals surface area contributed by atoms with Gasteiger partial charge in [-0.1, -0.05) is 54.1 Å². The predicted molar refractivity (Wildman–Crippen MR) is 153 cm³/mol. The summed E-state index contributed by atoms with van der Waals surface area (Å²) in [5, 5.41) is 11.4. The molecule has 2 aliphatic rings. The van der Waals surface area contributed by atoms with Crippen LogP contribution in [0.15, 0.2) is 93.3 Å². The number of rotatable bonds is 5. The summed E-state index contributed by atoms with van der Waals surface area (Å²) in [6, 6.07) is 21.2. The van der Waals surface area contributed by atoms with E-state index in [-0.39, 0.29) is 55.1 Å². The third-order valence-corrected chi connectivity index (χ3v) is 9.91. The molecule has 40 heavy (non-hydrogen) atoms. The number of piperidine rings is 1. The summed E-state index contributed by atoms with van der Waals surface area (Å²) in [5.74, 6) is -0.581. The van der Waals surface area contributed by atoms with Crippen LogP contribution in [-0.4, -0.2) is 63.3 Å². The van der Waals surface area contributed by atoms with E-state index in [1.54, 1.807) is 17.0 Å². The van der Waals surface area contributed by atoms with Gasteiger partial charge < -0.3 is 4.90 Å². The number of nitrogens with two attached hydrogens (primary N) is 1. The van der Waals surface area contributed by atoms with E-state index in [0.717, 1.165) is 5.56 Å². The second-order valence-corrected chi connectivity index (χ2v) is 13.5. The van der Waals surface area contributed by atoms with E-state index in [9.17, 15) is 21.2 Å². The van der Waals surface area contributed by atoms with Crippen LogP contribution in [0.3, 0.4) is 0 Å². The summed E-state index contributed by atoms with van der Waals surface area (Å²) >= 11 is 5.95. The zero-order chi connectivity index (χ0) is 28.5. The van der Waals surface area contributed by atoms with Gasteiger partial charge in [-0.3, -0.25) is 0 Å². The summed E-state index contributed by atoms with van der Waals surface area (Å²) in [5.41, 5.74) is 2.26. The smallest absolute Gasteiger partial charge is 0.285 e. The lowest BCUT2D eigenvalue weighted by molar-refractivity contribution is 0.291. The first kappa shape index (κ1) is 28.2. The third kappa shape index (κ3) is 6.20. The summed E-state index contributed by atoms with van der Waals surface area (Å²) < 4.78 is 68.7. The molecule has 0 aromatic heterocycles. The van der Waals surface area contributed by atoms with Gasteiger partial charge >= 0.3 is 0 Å². The number of guanidine groups is 1. The quantitative estimate of drug-likeness (QED) is 0.349. The van der Waals surface area contributed by atoms with Crippen molar-refractivity contribution in [2.45, 2.75) is 28.9 Å². The molecule has 2 aliphatic heterocycles. The van der Waals surface area contributed by atoms with Crippen molar-refractivity contribution in [3.05, 3.63) is 101 Å². The first-order chi connectivity index (χ1) is 19.0. The normalized spacial score (nSPS) is 19.1. The number of primary sulfonamides is 1. The van der Waals surface area contributed by atoms with Gasteiger partial charge in [0, 0.05) is 24.0 Å². The molecule has 3 aromatic carbocycles. The topological polar surface area (TPSA) is 126 Å². The average Bonchev–Trinajstić information content (AvgIpc) is 3.38. The second-order valence-electron chi connectivity index (χ2n) is 9.63. The van der Waals surface area contributed by atoms with Crippen LogP contribution >= 0.6 is 11.6 Å². The first-order valence-electron chi connectivity index (χ1n) is 12.6. The number of likely N-dealkylation sites (tertiary alicyclic amines) is 1. The van der Waals surface area contributed by atoms with Crippen molar-refractivity contribution < 1.29 is 21.2 Å². The van der Waals surface area contributed by atoms with Crippen LogP contribution in [0.25, 0.3) is 0 Å². The fourth-order valence-corrected chi connectivity index (χ4v) is 6.88. The number of sulfonamides is 2. The van der Waals surface area contributed by atoms with E-state index in [2.05, 4.69) is 4.40 Å². The zero-order valence-electron chi connectivity index (χ0n) is 21.3. The molecule has 5 rings (SSSR count). The maximum Gasteiger partial charge on any atom is 0.285 e. The Morgan fingerprint density at radius 1 is 0.925 bits per heavy atom. The van der Waals surface area contributed by atoms with Gasteiger partial charge in [0.15, 0.2) is 0 Å². The molecule has 2 N–H and O–H groups in total. The molecule has 2 heterocycles. The van der Waals surface area contributed by atoms with Gasteiger partial charge in [-0.25, -0.2) is 23.0 Å². The number of nitrogens with zero attached hydrogens (tertiary/aromatic N) is 4. The molecule has 13 heteroatoms. The summed E-state index contributed by atoms with van der Waals surface area (Å²) in [6.45, 7) is 0.689. The Balaban J connectivity index is 1.58. The van der Waals surface area contributed by atoms with Gasteiger partial charge in [-0.2, -0.15) is 13.5 Å². The Bertz CT molecular complexity index is 1640. The Hall–Kier alpha value is -3.32. The second kappa shape index (κ2) is 11.3. The average molecular weight is 604 g/mol. The molecule has 0 unspecified atom stereocenters. The Morgan fingerprint density at radius 2 is 1.55 bits per heavy atom. The van der Waals surface area contributed by atoms with E-state index >= 15 is 0 Å². The zero-order valence-corrected chi connectivity index (χ0v) is 23.7. The molecular formula is C27H27ClFN5O4S2. The molecule has 210 valence electrons. The number of hydrogen-bond acceptors (Lipinski definition) is 5. The summed E-state index contributed by atoms with van der Waals surface area (Å²) in [7, 11) is -7.93. The lowest BCUT2D eigenvalue weighted by Gasteiger charge is -2.35. The number of benzene rings is 3. The minimum Gasteiger partial charge on any atom is -0.340 e. The highest BCUT2D eigenvalue weighted by Crippen LogP contribution is 2.31. The van der Waals surface area contributed by atoms with E-state index < -0.39 is 25.3 Å². The molecule has 1 atom stereocenters. The van der Waals surface area contributed by atoms with Crippen LogP contribution in [0.4, 0.5) is 4.39 Å². The fraction of sp³-hybridized carbons (Fsp3) is 0.259. The van der Waals surface area contributed by atoms with Crippen molar-refractivity contribution in [3.8, 4) is 0 Å². The highest BCUT2D eigenvalue weighted by atomic mass is 35.5. The van der Waals surface area contributed by atoms with E-state index in [1.807, 2.05) is 30.3 Å². The van der Waals surface area contributed by atoms with Gasteiger partial charge in [0.05, 0.1) is 22.4 Å². The molecular weight excluding hydrogens is 577 g/mol. The lowest BCUT2D eigenvalue weighted by atomic mass is 9.91. The van der Waals surface area contributed by atoms with Crippen LogP contribution in [0, 0.1) is 5.82 Å². The molecule has 3 aromatic rings. The SMILES string of the molecule is NS(=O)(=O)C1CCN(C(=NS(=O)(=O)c2ccc(Cl)cc2)N2C[C@@H](c3ccccc3)C(c3ccc(F)cc3)=N2)CC1. The van der Waals surface area contributed by atoms with Crippen molar-refractivity contribution in [1.29, 1.82) is 0 Å². The van der Waals surface area contributed by atoms with E-state index in [4.69, 9.17) is 21.8 Å². The Labute approximate surface area is 237 Å². The predicted octanol–water partition coefficient (Wildman–Crippen LogP) is 3.78. The summed E-state index contributed by atoms with van der Waals surface area (Å²) in [4.78, 5) is 1.67. The molecule has 0 saturated carbocycles. The van der Waals surface area contributed by atoms with Crippen LogP contribution in [0.1, 0.15) is 29.9 Å². The lowest BCUT2D eigenvalue weighted by Crippen LogP contribution is -2.49. The molecule has 9 nitrogen and oxygen atoms in total. The fourth-order valence-electron chi connectivity index (χ4n) is 4.87. The maximum atomic E-state index is 13.7. The van der Waals surface area contributed by atoms with Crippen LogP contribution in [0.5, 0.6) is 0 Å². The van der Waals surface area contributed by atoms with Crippen LogP contribution in [0.2, 0.25) is 5.02 Å². The largest absolute Gasteiger partial charge is 0.340 e. The minimum absolute atomic E-state index is 0.0460. The molecule has 0 spiro atoms. The van der Waals surface area contributed by atoms with Crippen molar-refractivity contribution in [2.75, 3.05) is 19.6 Å². The summed E-state index contributed by atoms with van der Waals surface area (Å²) in [6.07, 6.45) is 0.423. The van der Waals surface area contributed by atoms with Gasteiger partial charge in [0.2, 0.25) is 16.0 Å². The van der Waals surface area contributed by atoms with E-state index in [1.165, 1.54) is 41.4 Å². The highest BCUT2D eigenvalue weighted by Gasteiger charge is 2.37. The molecule has 0 radical (unpaired) electrons.